The van der Waals surface area contributed by atoms with Crippen molar-refractivity contribution in [1.29, 1.82) is 0 Å². The molecule has 0 spiro atoms. The van der Waals surface area contributed by atoms with Gasteiger partial charge in [0.25, 0.3) is 0 Å². The van der Waals surface area contributed by atoms with Gasteiger partial charge in [-0.25, -0.2) is 0 Å². The molecule has 0 saturated carbocycles. The molecular formula is C7H9BaNS. The molecule has 1 aromatic rings. The molecule has 1 aliphatic rings. The molecule has 0 saturated heterocycles. The van der Waals surface area contributed by atoms with Crippen LogP contribution in [0.1, 0.15) is 8.42 Å². The maximum absolute atomic E-state index is 3.20. The minimum absolute atomic E-state index is 0. The fraction of sp³-hybridized carbons (Fsp3) is 0.143. The number of fused-ring (bicyclic) bond motifs is 1. The van der Waals surface area contributed by atoms with Gasteiger partial charge in [-0.2, -0.15) is 0 Å². The Labute approximate surface area is 108 Å². The molecule has 0 unspecified atom stereocenters. The first-order valence-electron chi connectivity index (χ1n) is 2.94. The zero-order valence-electron chi connectivity index (χ0n) is 7.63. The second-order valence-electron chi connectivity index (χ2n) is 2.03. The third-order valence-corrected chi connectivity index (χ3v) is 2.32. The Kier molecular flexibility index (Phi) is 3.87. The average Bonchev–Trinajstić information content (AvgIpc) is 2.33. The van der Waals surface area contributed by atoms with Gasteiger partial charge in [-0.3, -0.25) is 4.72 Å². The Hall–Kier alpha value is 1.10. The van der Waals surface area contributed by atoms with Crippen molar-refractivity contribution >= 4 is 60.8 Å². The average molecular weight is 277 g/mol. The van der Waals surface area contributed by atoms with Gasteiger partial charge in [0.15, 0.2) is 0 Å². The second kappa shape index (κ2) is 4.21. The van der Waals surface area contributed by atoms with Crippen LogP contribution in [0.3, 0.4) is 0 Å². The molecule has 0 atom stereocenters. The minimum atomic E-state index is 0. The molecule has 0 amide bonds. The van der Waals surface area contributed by atoms with Crippen LogP contribution >= 0.6 is 11.9 Å². The van der Waals surface area contributed by atoms with E-state index in [0.29, 0.717) is 0 Å². The van der Waals surface area contributed by atoms with Crippen LogP contribution in [0.5, 0.6) is 0 Å². The maximum atomic E-state index is 3.20. The summed E-state index contributed by atoms with van der Waals surface area (Å²) >= 11 is 1.72. The van der Waals surface area contributed by atoms with Crippen LogP contribution in [-0.2, 0) is 6.54 Å². The van der Waals surface area contributed by atoms with Gasteiger partial charge < -0.3 is 2.85 Å². The summed E-state index contributed by atoms with van der Waals surface area (Å²) in [6.07, 6.45) is 0. The van der Waals surface area contributed by atoms with Crippen molar-refractivity contribution in [2.45, 2.75) is 11.4 Å². The molecule has 0 bridgehead atoms. The second-order valence-corrected chi connectivity index (χ2v) is 2.96. The predicted molar refractivity (Wildman–Crippen MR) is 47.1 cm³/mol. The monoisotopic (exact) mass is 277 g/mol. The summed E-state index contributed by atoms with van der Waals surface area (Å²) in [6.45, 7) is 1.01. The Bertz CT molecular complexity index is 211. The number of nitrogens with one attached hydrogen (secondary N) is 1. The summed E-state index contributed by atoms with van der Waals surface area (Å²) in [7, 11) is 0. The van der Waals surface area contributed by atoms with Crippen molar-refractivity contribution in [3.63, 3.8) is 0 Å². The van der Waals surface area contributed by atoms with Gasteiger partial charge in [0, 0.05) is 11.4 Å². The minimum Gasteiger partial charge on any atom is -1.00 e. The van der Waals surface area contributed by atoms with Crippen LogP contribution in [0.2, 0.25) is 0 Å². The summed E-state index contributed by atoms with van der Waals surface area (Å²) in [4.78, 5) is 1.37. The molecule has 0 aromatic heterocycles. The van der Waals surface area contributed by atoms with Crippen molar-refractivity contribution in [3.05, 3.63) is 29.8 Å². The molecule has 1 aromatic carbocycles. The standard InChI is InChI=1S/C7H7NS.Ba.2H/c1-2-4-7-6(3-1)5-8-9-7;;;/h1-4,8H,5H2;;;/q;+2;2*-1. The van der Waals surface area contributed by atoms with Gasteiger partial charge in [-0.1, -0.05) is 18.2 Å². The molecule has 0 aliphatic carbocycles. The Balaban J connectivity index is 0. The maximum Gasteiger partial charge on any atom is 2.00 e. The number of rotatable bonds is 0. The number of hydrogen-bond donors (Lipinski definition) is 1. The van der Waals surface area contributed by atoms with Crippen molar-refractivity contribution in [2.75, 3.05) is 0 Å². The molecule has 0 fully saturated rings. The van der Waals surface area contributed by atoms with E-state index < -0.39 is 0 Å². The molecule has 10 heavy (non-hydrogen) atoms. The van der Waals surface area contributed by atoms with E-state index in [1.807, 2.05) is 0 Å². The van der Waals surface area contributed by atoms with Crippen LogP contribution in [0, 0.1) is 0 Å². The Morgan fingerprint density at radius 1 is 1.40 bits per heavy atom. The van der Waals surface area contributed by atoms with Gasteiger partial charge >= 0.3 is 48.9 Å². The van der Waals surface area contributed by atoms with Crippen LogP contribution in [0.15, 0.2) is 29.2 Å². The number of benzene rings is 1. The van der Waals surface area contributed by atoms with Gasteiger partial charge in [0.1, 0.15) is 0 Å². The first-order valence-corrected chi connectivity index (χ1v) is 3.76. The zero-order valence-corrected chi connectivity index (χ0v) is 10.9. The van der Waals surface area contributed by atoms with E-state index in [4.69, 9.17) is 0 Å². The Morgan fingerprint density at radius 3 is 3.00 bits per heavy atom. The Morgan fingerprint density at radius 2 is 2.20 bits per heavy atom. The molecule has 1 heterocycles. The van der Waals surface area contributed by atoms with E-state index >= 15 is 0 Å². The van der Waals surface area contributed by atoms with Crippen LogP contribution in [0.4, 0.5) is 0 Å². The van der Waals surface area contributed by atoms with E-state index in [-0.39, 0.29) is 51.7 Å². The third kappa shape index (κ3) is 1.82. The van der Waals surface area contributed by atoms with Gasteiger partial charge in [-0.05, 0) is 23.6 Å². The van der Waals surface area contributed by atoms with Crippen molar-refractivity contribution in [1.82, 2.24) is 4.72 Å². The fourth-order valence-electron chi connectivity index (χ4n) is 0.941. The first-order chi connectivity index (χ1) is 4.47. The van der Waals surface area contributed by atoms with Crippen LogP contribution < -0.4 is 4.72 Å². The zero-order chi connectivity index (χ0) is 6.10. The van der Waals surface area contributed by atoms with E-state index in [9.17, 15) is 0 Å². The van der Waals surface area contributed by atoms with E-state index in [2.05, 4.69) is 29.0 Å². The van der Waals surface area contributed by atoms with Crippen molar-refractivity contribution in [3.8, 4) is 0 Å². The molecule has 0 radical (unpaired) electrons. The number of hydrogen-bond acceptors (Lipinski definition) is 2. The van der Waals surface area contributed by atoms with Crippen molar-refractivity contribution in [2.24, 2.45) is 0 Å². The van der Waals surface area contributed by atoms with E-state index in [1.54, 1.807) is 11.9 Å². The SMILES string of the molecule is [Ba+2].[H-].[H-].c1ccc2c(c1)CNS2. The van der Waals surface area contributed by atoms with Gasteiger partial charge in [0.05, 0.1) is 0 Å². The molecule has 1 N–H and O–H groups in total. The van der Waals surface area contributed by atoms with Crippen LogP contribution in [0.25, 0.3) is 0 Å². The van der Waals surface area contributed by atoms with Gasteiger partial charge in [-0.15, -0.1) is 0 Å². The van der Waals surface area contributed by atoms with Gasteiger partial charge in [0.2, 0.25) is 0 Å². The van der Waals surface area contributed by atoms with Crippen molar-refractivity contribution < 1.29 is 2.85 Å². The largest absolute Gasteiger partial charge is 2.00 e. The predicted octanol–water partition coefficient (Wildman–Crippen LogP) is 1.64. The van der Waals surface area contributed by atoms with E-state index in [1.165, 1.54) is 10.5 Å². The van der Waals surface area contributed by atoms with Crippen LogP contribution in [-0.4, -0.2) is 48.9 Å². The molecule has 50 valence electrons. The summed E-state index contributed by atoms with van der Waals surface area (Å²) < 4.78 is 3.20. The molecule has 1 aliphatic heterocycles. The molecule has 1 nitrogen and oxygen atoms in total. The summed E-state index contributed by atoms with van der Waals surface area (Å²) in [5, 5.41) is 0. The smallest absolute Gasteiger partial charge is 1.00 e. The molecule has 2 rings (SSSR count). The molecule has 3 heteroatoms. The first kappa shape index (κ1) is 9.19. The topological polar surface area (TPSA) is 12.0 Å². The summed E-state index contributed by atoms with van der Waals surface area (Å²) in [5.41, 5.74) is 1.42. The summed E-state index contributed by atoms with van der Waals surface area (Å²) in [6, 6.07) is 8.44. The quantitative estimate of drug-likeness (QED) is 0.571. The third-order valence-electron chi connectivity index (χ3n) is 1.42. The fourth-order valence-corrected chi connectivity index (χ4v) is 1.74. The summed E-state index contributed by atoms with van der Waals surface area (Å²) in [5.74, 6) is 0. The normalized spacial score (nSPS) is 14.0. The molecular weight excluding hydrogens is 267 g/mol. The van der Waals surface area contributed by atoms with E-state index in [0.717, 1.165) is 6.54 Å².